The van der Waals surface area contributed by atoms with Crippen LogP contribution in [0.15, 0.2) is 30.7 Å². The molecule has 0 saturated carbocycles. The second-order valence-electron chi connectivity index (χ2n) is 4.72. The summed E-state index contributed by atoms with van der Waals surface area (Å²) in [5, 5.41) is 8.10. The van der Waals surface area contributed by atoms with E-state index in [1.807, 2.05) is 19.1 Å². The van der Waals surface area contributed by atoms with Crippen LogP contribution in [-0.2, 0) is 6.42 Å². The molecule has 3 heterocycles. The summed E-state index contributed by atoms with van der Waals surface area (Å²) in [4.78, 5) is 26.2. The monoisotopic (exact) mass is 345 g/mol. The van der Waals surface area contributed by atoms with Gasteiger partial charge in [0, 0.05) is 17.3 Å². The number of nitrogens with one attached hydrogen (secondary N) is 2. The first-order valence-electron chi connectivity index (χ1n) is 7.06. The van der Waals surface area contributed by atoms with Crippen LogP contribution in [0, 0.1) is 6.92 Å². The Morgan fingerprint density at radius 3 is 2.87 bits per heavy atom. The Hall–Kier alpha value is -2.32. The van der Waals surface area contributed by atoms with Crippen LogP contribution in [0.5, 0.6) is 0 Å². The van der Waals surface area contributed by atoms with E-state index in [1.54, 1.807) is 18.6 Å². The Bertz CT molecular complexity index is 812. The summed E-state index contributed by atoms with van der Waals surface area (Å²) in [6.45, 7) is 3.92. The first-order chi connectivity index (χ1) is 11.2. The van der Waals surface area contributed by atoms with Crippen molar-refractivity contribution in [1.82, 2.24) is 15.0 Å². The van der Waals surface area contributed by atoms with Crippen LogP contribution in [0.4, 0.5) is 15.8 Å². The molecule has 0 aromatic carbocycles. The number of anilines is 3. The van der Waals surface area contributed by atoms with Gasteiger partial charge in [0.1, 0.15) is 5.00 Å². The highest BCUT2D eigenvalue weighted by Gasteiger charge is 2.18. The Kier molecular flexibility index (Phi) is 4.63. The van der Waals surface area contributed by atoms with Gasteiger partial charge in [-0.25, -0.2) is 9.97 Å². The van der Waals surface area contributed by atoms with Gasteiger partial charge in [-0.15, -0.1) is 22.7 Å². The third-order valence-electron chi connectivity index (χ3n) is 2.99. The van der Waals surface area contributed by atoms with Gasteiger partial charge in [-0.1, -0.05) is 6.92 Å². The number of aryl methyl sites for hydroxylation is 2. The smallest absolute Gasteiger partial charge is 0.279 e. The third-order valence-corrected chi connectivity index (χ3v) is 4.93. The predicted octanol–water partition coefficient (Wildman–Crippen LogP) is 3.86. The molecule has 8 heteroatoms. The van der Waals surface area contributed by atoms with Crippen LogP contribution in [-0.4, -0.2) is 20.9 Å². The molecule has 0 atom stereocenters. The van der Waals surface area contributed by atoms with E-state index < -0.39 is 0 Å². The number of aromatic nitrogens is 3. The third kappa shape index (κ3) is 3.72. The van der Waals surface area contributed by atoms with Crippen LogP contribution in [0.2, 0.25) is 0 Å². The zero-order chi connectivity index (χ0) is 16.2. The SMILES string of the molecule is CCc1cnc(NC(=O)c2nc(C)sc2Nc2cccnc2)s1. The number of hydrogen-bond acceptors (Lipinski definition) is 7. The quantitative estimate of drug-likeness (QED) is 0.734. The average molecular weight is 345 g/mol. The molecule has 6 nitrogen and oxygen atoms in total. The second-order valence-corrected chi connectivity index (χ2v) is 7.04. The van der Waals surface area contributed by atoms with E-state index in [2.05, 4.69) is 32.5 Å². The van der Waals surface area contributed by atoms with Gasteiger partial charge in [0.25, 0.3) is 5.91 Å². The van der Waals surface area contributed by atoms with Crippen molar-refractivity contribution in [2.45, 2.75) is 20.3 Å². The molecule has 3 rings (SSSR count). The summed E-state index contributed by atoms with van der Waals surface area (Å²) in [5.41, 5.74) is 1.18. The number of thiazole rings is 2. The van der Waals surface area contributed by atoms with Crippen LogP contribution < -0.4 is 10.6 Å². The number of carbonyl (C=O) groups excluding carboxylic acids is 1. The first-order valence-corrected chi connectivity index (χ1v) is 8.69. The minimum atomic E-state index is -0.266. The lowest BCUT2D eigenvalue weighted by Crippen LogP contribution is -2.13. The minimum Gasteiger partial charge on any atom is -0.344 e. The highest BCUT2D eigenvalue weighted by Crippen LogP contribution is 2.28. The van der Waals surface area contributed by atoms with Gasteiger partial charge in [0.05, 0.1) is 16.9 Å². The molecule has 0 fully saturated rings. The molecule has 0 spiro atoms. The van der Waals surface area contributed by atoms with Gasteiger partial charge in [-0.05, 0) is 25.5 Å². The number of amides is 1. The lowest BCUT2D eigenvalue weighted by Gasteiger charge is -2.05. The first kappa shape index (κ1) is 15.6. The zero-order valence-corrected chi connectivity index (χ0v) is 14.3. The van der Waals surface area contributed by atoms with Crippen molar-refractivity contribution in [2.24, 2.45) is 0 Å². The summed E-state index contributed by atoms with van der Waals surface area (Å²) < 4.78 is 0. The fourth-order valence-electron chi connectivity index (χ4n) is 1.92. The van der Waals surface area contributed by atoms with Crippen molar-refractivity contribution >= 4 is 44.4 Å². The number of rotatable bonds is 5. The van der Waals surface area contributed by atoms with Crippen molar-refractivity contribution in [2.75, 3.05) is 10.6 Å². The van der Waals surface area contributed by atoms with E-state index in [9.17, 15) is 4.79 Å². The van der Waals surface area contributed by atoms with E-state index in [0.717, 1.165) is 22.0 Å². The lowest BCUT2D eigenvalue weighted by molar-refractivity contribution is 0.102. The zero-order valence-electron chi connectivity index (χ0n) is 12.7. The molecule has 0 bridgehead atoms. The molecule has 0 aliphatic carbocycles. The Labute approximate surface area is 141 Å². The van der Waals surface area contributed by atoms with Crippen LogP contribution in [0.3, 0.4) is 0 Å². The van der Waals surface area contributed by atoms with Gasteiger partial charge in [0.15, 0.2) is 10.8 Å². The van der Waals surface area contributed by atoms with Gasteiger partial charge in [-0.2, -0.15) is 0 Å². The predicted molar refractivity (Wildman–Crippen MR) is 93.8 cm³/mol. The maximum atomic E-state index is 12.5. The summed E-state index contributed by atoms with van der Waals surface area (Å²) in [6.07, 6.45) is 6.08. The highest BCUT2D eigenvalue weighted by molar-refractivity contribution is 7.16. The molecule has 2 N–H and O–H groups in total. The molecule has 0 aliphatic rings. The molecule has 3 aromatic heterocycles. The van der Waals surface area contributed by atoms with Gasteiger partial charge < -0.3 is 5.32 Å². The normalized spacial score (nSPS) is 10.5. The van der Waals surface area contributed by atoms with Crippen molar-refractivity contribution < 1.29 is 4.79 Å². The highest BCUT2D eigenvalue weighted by atomic mass is 32.1. The molecular weight excluding hydrogens is 330 g/mol. The van der Waals surface area contributed by atoms with E-state index in [-0.39, 0.29) is 5.91 Å². The molecule has 118 valence electrons. The summed E-state index contributed by atoms with van der Waals surface area (Å²) in [6, 6.07) is 3.72. The number of pyridine rings is 1. The topological polar surface area (TPSA) is 79.8 Å². The Balaban J connectivity index is 1.80. The molecule has 23 heavy (non-hydrogen) atoms. The molecule has 0 aliphatic heterocycles. The number of hydrogen-bond donors (Lipinski definition) is 2. The molecular formula is C15H15N5OS2. The Morgan fingerprint density at radius 1 is 1.30 bits per heavy atom. The maximum absolute atomic E-state index is 12.5. The molecule has 3 aromatic rings. The van der Waals surface area contributed by atoms with E-state index in [0.29, 0.717) is 15.8 Å². The van der Waals surface area contributed by atoms with E-state index in [4.69, 9.17) is 0 Å². The largest absolute Gasteiger partial charge is 0.344 e. The van der Waals surface area contributed by atoms with Gasteiger partial charge >= 0.3 is 0 Å². The molecule has 1 amide bonds. The summed E-state index contributed by atoms with van der Waals surface area (Å²) in [5.74, 6) is -0.266. The fraction of sp³-hybridized carbons (Fsp3) is 0.200. The van der Waals surface area contributed by atoms with Crippen molar-refractivity contribution in [3.63, 3.8) is 0 Å². The van der Waals surface area contributed by atoms with Crippen molar-refractivity contribution in [3.8, 4) is 0 Å². The molecule has 0 radical (unpaired) electrons. The fourth-order valence-corrected chi connectivity index (χ4v) is 3.50. The van der Waals surface area contributed by atoms with E-state index in [1.165, 1.54) is 22.7 Å². The van der Waals surface area contributed by atoms with Gasteiger partial charge in [-0.3, -0.25) is 15.1 Å². The maximum Gasteiger partial charge on any atom is 0.279 e. The van der Waals surface area contributed by atoms with Crippen LogP contribution >= 0.6 is 22.7 Å². The number of carbonyl (C=O) groups is 1. The summed E-state index contributed by atoms with van der Waals surface area (Å²) in [7, 11) is 0. The van der Waals surface area contributed by atoms with Crippen molar-refractivity contribution in [3.05, 3.63) is 46.3 Å². The van der Waals surface area contributed by atoms with Gasteiger partial charge in [0.2, 0.25) is 0 Å². The standard InChI is InChI=1S/C15H15N5OS2/c1-3-11-8-17-15(23-11)20-13(21)12-14(22-9(2)18-12)19-10-5-4-6-16-7-10/h4-8,19H,3H2,1-2H3,(H,17,20,21). The molecule has 0 unspecified atom stereocenters. The number of nitrogens with zero attached hydrogens (tertiary/aromatic N) is 3. The minimum absolute atomic E-state index is 0.266. The average Bonchev–Trinajstić information content (AvgIpc) is 3.14. The Morgan fingerprint density at radius 2 is 2.17 bits per heavy atom. The van der Waals surface area contributed by atoms with E-state index >= 15 is 0 Å². The van der Waals surface area contributed by atoms with Crippen LogP contribution in [0.25, 0.3) is 0 Å². The summed E-state index contributed by atoms with van der Waals surface area (Å²) >= 11 is 2.90. The lowest BCUT2D eigenvalue weighted by atomic mass is 10.4. The van der Waals surface area contributed by atoms with Crippen LogP contribution in [0.1, 0.15) is 27.3 Å². The molecule has 0 saturated heterocycles. The second kappa shape index (κ2) is 6.84. The van der Waals surface area contributed by atoms with Crippen molar-refractivity contribution in [1.29, 1.82) is 0 Å².